The fourth-order valence-electron chi connectivity index (χ4n) is 3.76. The SMILES string of the molecule is c1cncc(-c2cncc(CN3CCCCCc4ccccc4C3)c2)c1. The summed E-state index contributed by atoms with van der Waals surface area (Å²) < 4.78 is 0. The normalized spacial score (nSPS) is 15.5. The van der Waals surface area contributed by atoms with E-state index < -0.39 is 0 Å². The number of aromatic nitrogens is 2. The molecular weight excluding hydrogens is 318 g/mol. The Morgan fingerprint density at radius 1 is 0.808 bits per heavy atom. The number of fused-ring (bicyclic) bond motifs is 1. The zero-order valence-corrected chi connectivity index (χ0v) is 15.1. The molecule has 0 radical (unpaired) electrons. The lowest BCUT2D eigenvalue weighted by Gasteiger charge is -2.23. The van der Waals surface area contributed by atoms with Gasteiger partial charge < -0.3 is 0 Å². The molecule has 0 N–H and O–H groups in total. The summed E-state index contributed by atoms with van der Waals surface area (Å²) in [6.45, 7) is 3.11. The van der Waals surface area contributed by atoms with Crippen molar-refractivity contribution in [3.05, 3.63) is 83.9 Å². The van der Waals surface area contributed by atoms with E-state index in [-0.39, 0.29) is 0 Å². The van der Waals surface area contributed by atoms with Gasteiger partial charge in [-0.05, 0) is 54.6 Å². The third-order valence-electron chi connectivity index (χ3n) is 5.13. The van der Waals surface area contributed by atoms with Gasteiger partial charge in [-0.1, -0.05) is 36.8 Å². The van der Waals surface area contributed by atoms with Crippen LogP contribution in [0.1, 0.15) is 36.0 Å². The van der Waals surface area contributed by atoms with Gasteiger partial charge in [-0.2, -0.15) is 0 Å². The van der Waals surface area contributed by atoms with Crippen molar-refractivity contribution in [2.45, 2.75) is 38.8 Å². The van der Waals surface area contributed by atoms with E-state index in [1.807, 2.05) is 24.7 Å². The molecule has 1 aromatic carbocycles. The molecule has 26 heavy (non-hydrogen) atoms. The van der Waals surface area contributed by atoms with Crippen LogP contribution in [0, 0.1) is 0 Å². The molecular formula is C23H25N3. The Hall–Kier alpha value is -2.52. The molecule has 0 spiro atoms. The van der Waals surface area contributed by atoms with Crippen LogP contribution in [0.2, 0.25) is 0 Å². The van der Waals surface area contributed by atoms with Crippen LogP contribution in [0.15, 0.2) is 67.3 Å². The first-order chi connectivity index (χ1) is 12.9. The Labute approximate surface area is 155 Å². The van der Waals surface area contributed by atoms with Gasteiger partial charge in [0, 0.05) is 49.0 Å². The van der Waals surface area contributed by atoms with Gasteiger partial charge in [0.05, 0.1) is 0 Å². The molecule has 0 amide bonds. The summed E-state index contributed by atoms with van der Waals surface area (Å²) >= 11 is 0. The van der Waals surface area contributed by atoms with Gasteiger partial charge in [-0.3, -0.25) is 14.9 Å². The molecule has 0 atom stereocenters. The average Bonchev–Trinajstić information content (AvgIpc) is 2.79. The standard InChI is InChI=1S/C23H25N3/c1-2-7-20-8-3-4-9-22(20)18-26(12-5-1)17-19-13-23(16-25-14-19)21-10-6-11-24-15-21/h3-4,6,8-11,13-16H,1-2,5,7,12,17-18H2. The second-order valence-electron chi connectivity index (χ2n) is 7.11. The van der Waals surface area contributed by atoms with E-state index in [0.717, 1.165) is 30.8 Å². The predicted octanol–water partition coefficient (Wildman–Crippen LogP) is 4.87. The van der Waals surface area contributed by atoms with Gasteiger partial charge in [0.15, 0.2) is 0 Å². The van der Waals surface area contributed by atoms with Crippen molar-refractivity contribution < 1.29 is 0 Å². The summed E-state index contributed by atoms with van der Waals surface area (Å²) in [4.78, 5) is 11.3. The number of pyridine rings is 2. The minimum absolute atomic E-state index is 0.940. The number of benzene rings is 1. The summed E-state index contributed by atoms with van der Waals surface area (Å²) in [5.41, 5.74) is 6.52. The summed E-state index contributed by atoms with van der Waals surface area (Å²) in [6, 6.07) is 15.2. The molecule has 2 aromatic heterocycles. The van der Waals surface area contributed by atoms with Crippen molar-refractivity contribution in [1.82, 2.24) is 14.9 Å². The van der Waals surface area contributed by atoms with E-state index >= 15 is 0 Å². The maximum atomic E-state index is 4.48. The van der Waals surface area contributed by atoms with Gasteiger partial charge >= 0.3 is 0 Å². The quantitative estimate of drug-likeness (QED) is 0.679. The fourth-order valence-corrected chi connectivity index (χ4v) is 3.76. The van der Waals surface area contributed by atoms with Crippen molar-refractivity contribution in [2.75, 3.05) is 6.54 Å². The molecule has 3 heterocycles. The van der Waals surface area contributed by atoms with E-state index in [4.69, 9.17) is 0 Å². The zero-order valence-electron chi connectivity index (χ0n) is 15.1. The highest BCUT2D eigenvalue weighted by molar-refractivity contribution is 5.61. The van der Waals surface area contributed by atoms with Crippen LogP contribution >= 0.6 is 0 Å². The van der Waals surface area contributed by atoms with Crippen molar-refractivity contribution in [3.8, 4) is 11.1 Å². The molecule has 132 valence electrons. The third kappa shape index (κ3) is 4.17. The second-order valence-corrected chi connectivity index (χ2v) is 7.11. The first kappa shape index (κ1) is 16.9. The molecule has 3 nitrogen and oxygen atoms in total. The number of hydrogen-bond acceptors (Lipinski definition) is 3. The molecule has 0 bridgehead atoms. The highest BCUT2D eigenvalue weighted by atomic mass is 15.1. The molecule has 1 aliphatic heterocycles. The van der Waals surface area contributed by atoms with Crippen LogP contribution in [0.5, 0.6) is 0 Å². The van der Waals surface area contributed by atoms with E-state index in [2.05, 4.69) is 51.3 Å². The molecule has 1 aliphatic rings. The lowest BCUT2D eigenvalue weighted by molar-refractivity contribution is 0.252. The molecule has 3 heteroatoms. The van der Waals surface area contributed by atoms with Crippen LogP contribution in [0.25, 0.3) is 11.1 Å². The monoisotopic (exact) mass is 343 g/mol. The minimum Gasteiger partial charge on any atom is -0.295 e. The molecule has 3 aromatic rings. The van der Waals surface area contributed by atoms with Crippen molar-refractivity contribution in [2.24, 2.45) is 0 Å². The summed E-state index contributed by atoms with van der Waals surface area (Å²) in [6.07, 6.45) is 12.7. The van der Waals surface area contributed by atoms with Crippen LogP contribution in [-0.2, 0) is 19.5 Å². The highest BCUT2D eigenvalue weighted by Gasteiger charge is 2.13. The lowest BCUT2D eigenvalue weighted by atomic mass is 10.0. The summed E-state index contributed by atoms with van der Waals surface area (Å²) in [5, 5.41) is 0. The second kappa shape index (κ2) is 8.24. The topological polar surface area (TPSA) is 29.0 Å². The molecule has 0 aliphatic carbocycles. The van der Waals surface area contributed by atoms with E-state index in [9.17, 15) is 0 Å². The largest absolute Gasteiger partial charge is 0.295 e. The van der Waals surface area contributed by atoms with Crippen molar-refractivity contribution in [3.63, 3.8) is 0 Å². The molecule has 0 unspecified atom stereocenters. The van der Waals surface area contributed by atoms with Crippen molar-refractivity contribution >= 4 is 0 Å². The lowest BCUT2D eigenvalue weighted by Crippen LogP contribution is -2.24. The van der Waals surface area contributed by atoms with Crippen LogP contribution in [0.3, 0.4) is 0 Å². The Morgan fingerprint density at radius 2 is 1.69 bits per heavy atom. The number of aryl methyl sites for hydroxylation is 1. The van der Waals surface area contributed by atoms with Gasteiger partial charge in [-0.25, -0.2) is 0 Å². The Morgan fingerprint density at radius 3 is 2.58 bits per heavy atom. The fraction of sp³-hybridized carbons (Fsp3) is 0.304. The predicted molar refractivity (Wildman–Crippen MR) is 106 cm³/mol. The average molecular weight is 343 g/mol. The maximum absolute atomic E-state index is 4.48. The Kier molecular flexibility index (Phi) is 5.36. The van der Waals surface area contributed by atoms with Crippen LogP contribution < -0.4 is 0 Å². The van der Waals surface area contributed by atoms with E-state index in [1.165, 1.54) is 42.4 Å². The maximum Gasteiger partial charge on any atom is 0.0347 e. The van der Waals surface area contributed by atoms with Crippen LogP contribution in [-0.4, -0.2) is 21.4 Å². The summed E-state index contributed by atoms with van der Waals surface area (Å²) in [5.74, 6) is 0. The van der Waals surface area contributed by atoms with Gasteiger partial charge in [0.2, 0.25) is 0 Å². The minimum atomic E-state index is 0.940. The van der Waals surface area contributed by atoms with Gasteiger partial charge in [0.1, 0.15) is 0 Å². The first-order valence-corrected chi connectivity index (χ1v) is 9.52. The Bertz CT molecular complexity index is 845. The smallest absolute Gasteiger partial charge is 0.0347 e. The molecule has 4 rings (SSSR count). The van der Waals surface area contributed by atoms with E-state index in [0.29, 0.717) is 0 Å². The molecule has 0 fully saturated rings. The number of hydrogen-bond donors (Lipinski definition) is 0. The number of nitrogens with zero attached hydrogens (tertiary/aromatic N) is 3. The molecule has 0 saturated heterocycles. The number of rotatable bonds is 3. The van der Waals surface area contributed by atoms with Crippen LogP contribution in [0.4, 0.5) is 0 Å². The first-order valence-electron chi connectivity index (χ1n) is 9.52. The third-order valence-corrected chi connectivity index (χ3v) is 5.13. The highest BCUT2D eigenvalue weighted by Crippen LogP contribution is 2.22. The van der Waals surface area contributed by atoms with Crippen molar-refractivity contribution in [1.29, 1.82) is 0 Å². The zero-order chi connectivity index (χ0) is 17.6. The van der Waals surface area contributed by atoms with E-state index in [1.54, 1.807) is 6.20 Å². The molecule has 0 saturated carbocycles. The van der Waals surface area contributed by atoms with Gasteiger partial charge in [-0.15, -0.1) is 0 Å². The Balaban J connectivity index is 1.55. The summed E-state index contributed by atoms with van der Waals surface area (Å²) in [7, 11) is 0. The van der Waals surface area contributed by atoms with Gasteiger partial charge in [0.25, 0.3) is 0 Å².